The molecule has 0 amide bonds. The van der Waals surface area contributed by atoms with Crippen molar-refractivity contribution >= 4 is 11.8 Å². The molecule has 136 valence electrons. The van der Waals surface area contributed by atoms with Gasteiger partial charge in [0, 0.05) is 11.8 Å². The van der Waals surface area contributed by atoms with Gasteiger partial charge in [0.25, 0.3) is 0 Å². The highest BCUT2D eigenvalue weighted by molar-refractivity contribution is 5.99. The van der Waals surface area contributed by atoms with E-state index in [2.05, 4.69) is 10.1 Å². The molecule has 2 aromatic heterocycles. The van der Waals surface area contributed by atoms with Crippen molar-refractivity contribution in [3.8, 4) is 5.82 Å². The Balaban J connectivity index is 1.44. The van der Waals surface area contributed by atoms with Crippen LogP contribution in [-0.4, -0.2) is 33.1 Å². The van der Waals surface area contributed by atoms with Gasteiger partial charge in [-0.2, -0.15) is 5.10 Å². The molecule has 0 aliphatic heterocycles. The number of carbonyl (C=O) groups excluding carboxylic acids is 2. The number of rotatable bonds is 5. The van der Waals surface area contributed by atoms with E-state index < -0.39 is 5.97 Å². The van der Waals surface area contributed by atoms with Gasteiger partial charge in [0.05, 0.1) is 11.9 Å². The van der Waals surface area contributed by atoms with Gasteiger partial charge >= 0.3 is 5.97 Å². The second-order valence-electron chi connectivity index (χ2n) is 6.58. The van der Waals surface area contributed by atoms with Crippen molar-refractivity contribution in [1.29, 1.82) is 0 Å². The number of nitrogens with zero attached hydrogens (tertiary/aromatic N) is 3. The number of hydrogen-bond acceptors (Lipinski definition) is 5. The number of benzene rings is 1. The Kier molecular flexibility index (Phi) is 4.54. The molecule has 0 atom stereocenters. The van der Waals surface area contributed by atoms with Gasteiger partial charge in [0.15, 0.2) is 18.2 Å². The van der Waals surface area contributed by atoms with Gasteiger partial charge in [-0.3, -0.25) is 4.79 Å². The van der Waals surface area contributed by atoms with Gasteiger partial charge in [-0.05, 0) is 55.5 Å². The van der Waals surface area contributed by atoms with Crippen molar-refractivity contribution in [2.75, 3.05) is 6.61 Å². The summed E-state index contributed by atoms with van der Waals surface area (Å²) in [6.45, 7) is 1.48. The fourth-order valence-corrected chi connectivity index (χ4v) is 3.36. The highest BCUT2D eigenvalue weighted by atomic mass is 16.5. The SMILES string of the molecule is Cc1c(C(=O)OCC(=O)c2ccc3c(c2)CCC3)cnn1-c1ccccn1. The molecule has 2 heterocycles. The second kappa shape index (κ2) is 7.15. The number of aromatic nitrogens is 3. The average Bonchev–Trinajstić information content (AvgIpc) is 3.32. The lowest BCUT2D eigenvalue weighted by atomic mass is 10.0. The first-order valence-electron chi connectivity index (χ1n) is 8.91. The summed E-state index contributed by atoms with van der Waals surface area (Å²) in [6.07, 6.45) is 6.29. The van der Waals surface area contributed by atoms with Crippen LogP contribution in [0.1, 0.15) is 44.0 Å². The molecule has 0 saturated heterocycles. The molecule has 4 rings (SSSR count). The standard InChI is InChI=1S/C21H19N3O3/c1-14-18(12-23-24(14)20-7-2-3-10-22-20)21(26)27-13-19(25)17-9-8-15-5-4-6-16(15)11-17/h2-3,7-12H,4-6,13H2,1H3. The quantitative estimate of drug-likeness (QED) is 0.516. The summed E-state index contributed by atoms with van der Waals surface area (Å²) in [7, 11) is 0. The predicted molar refractivity (Wildman–Crippen MR) is 99.2 cm³/mol. The van der Waals surface area contributed by atoms with Crippen LogP contribution in [0.3, 0.4) is 0 Å². The lowest BCUT2D eigenvalue weighted by molar-refractivity contribution is 0.0474. The molecule has 27 heavy (non-hydrogen) atoms. The summed E-state index contributed by atoms with van der Waals surface area (Å²) in [5.41, 5.74) is 4.05. The molecule has 0 N–H and O–H groups in total. The predicted octanol–water partition coefficient (Wildman–Crippen LogP) is 3.10. The Morgan fingerprint density at radius 1 is 1.15 bits per heavy atom. The van der Waals surface area contributed by atoms with Crippen molar-refractivity contribution in [2.45, 2.75) is 26.2 Å². The van der Waals surface area contributed by atoms with Gasteiger partial charge in [-0.1, -0.05) is 18.2 Å². The Hall–Kier alpha value is -3.28. The summed E-state index contributed by atoms with van der Waals surface area (Å²) in [4.78, 5) is 29.0. The van der Waals surface area contributed by atoms with Crippen molar-refractivity contribution in [3.63, 3.8) is 0 Å². The minimum absolute atomic E-state index is 0.201. The van der Waals surface area contributed by atoms with E-state index in [1.165, 1.54) is 17.3 Å². The maximum absolute atomic E-state index is 12.4. The Labute approximate surface area is 156 Å². The summed E-state index contributed by atoms with van der Waals surface area (Å²) >= 11 is 0. The number of hydrogen-bond donors (Lipinski definition) is 0. The molecule has 0 fully saturated rings. The van der Waals surface area contributed by atoms with E-state index >= 15 is 0 Å². The minimum Gasteiger partial charge on any atom is -0.454 e. The number of ketones is 1. The van der Waals surface area contributed by atoms with E-state index in [0.29, 0.717) is 22.6 Å². The van der Waals surface area contributed by atoms with Crippen LogP contribution in [0, 0.1) is 6.92 Å². The van der Waals surface area contributed by atoms with E-state index in [9.17, 15) is 9.59 Å². The van der Waals surface area contributed by atoms with Gasteiger partial charge in [-0.15, -0.1) is 0 Å². The largest absolute Gasteiger partial charge is 0.454 e. The number of pyridine rings is 1. The van der Waals surface area contributed by atoms with Crippen LogP contribution in [-0.2, 0) is 17.6 Å². The molecule has 0 saturated carbocycles. The first kappa shape index (κ1) is 17.1. The summed E-state index contributed by atoms with van der Waals surface area (Å²) in [5.74, 6) is -0.153. The van der Waals surface area contributed by atoms with Crippen LogP contribution in [0.5, 0.6) is 0 Å². The zero-order chi connectivity index (χ0) is 18.8. The van der Waals surface area contributed by atoms with Crippen molar-refractivity contribution in [2.24, 2.45) is 0 Å². The first-order chi connectivity index (χ1) is 13.1. The molecule has 1 aliphatic rings. The molecule has 0 bridgehead atoms. The number of Topliss-reactive ketones (excluding diaryl/α,β-unsaturated/α-hetero) is 1. The Bertz CT molecular complexity index is 1010. The van der Waals surface area contributed by atoms with Crippen LogP contribution in [0.15, 0.2) is 48.8 Å². The van der Waals surface area contributed by atoms with Crippen LogP contribution in [0.25, 0.3) is 5.82 Å². The number of ether oxygens (including phenoxy) is 1. The maximum Gasteiger partial charge on any atom is 0.342 e. The third kappa shape index (κ3) is 3.38. The summed E-state index contributed by atoms with van der Waals surface area (Å²) in [6, 6.07) is 11.2. The molecule has 6 nitrogen and oxygen atoms in total. The van der Waals surface area contributed by atoms with E-state index in [0.717, 1.165) is 19.3 Å². The number of carbonyl (C=O) groups is 2. The minimum atomic E-state index is -0.566. The van der Waals surface area contributed by atoms with Crippen LogP contribution in [0.2, 0.25) is 0 Å². The zero-order valence-electron chi connectivity index (χ0n) is 15.0. The third-order valence-corrected chi connectivity index (χ3v) is 4.85. The van der Waals surface area contributed by atoms with Gasteiger partial charge in [-0.25, -0.2) is 14.5 Å². The molecular formula is C21H19N3O3. The van der Waals surface area contributed by atoms with Crippen LogP contribution in [0.4, 0.5) is 0 Å². The van der Waals surface area contributed by atoms with E-state index in [4.69, 9.17) is 4.74 Å². The maximum atomic E-state index is 12.4. The molecule has 1 aromatic carbocycles. The zero-order valence-corrected chi connectivity index (χ0v) is 15.0. The van der Waals surface area contributed by atoms with Gasteiger partial charge < -0.3 is 4.74 Å². The molecule has 0 unspecified atom stereocenters. The lowest BCUT2D eigenvalue weighted by Crippen LogP contribution is -2.15. The highest BCUT2D eigenvalue weighted by Gasteiger charge is 2.19. The Morgan fingerprint density at radius 2 is 2.00 bits per heavy atom. The van der Waals surface area contributed by atoms with Crippen LogP contribution >= 0.6 is 0 Å². The molecule has 0 radical (unpaired) electrons. The fourth-order valence-electron chi connectivity index (χ4n) is 3.36. The number of fused-ring (bicyclic) bond motifs is 1. The van der Waals surface area contributed by atoms with E-state index in [1.807, 2.05) is 30.3 Å². The topological polar surface area (TPSA) is 74.1 Å². The van der Waals surface area contributed by atoms with Crippen LogP contribution < -0.4 is 0 Å². The van der Waals surface area contributed by atoms with Crippen molar-refractivity contribution in [1.82, 2.24) is 14.8 Å². The smallest absolute Gasteiger partial charge is 0.342 e. The normalized spacial score (nSPS) is 12.6. The average molecular weight is 361 g/mol. The molecule has 1 aliphatic carbocycles. The molecule has 3 aromatic rings. The van der Waals surface area contributed by atoms with Crippen molar-refractivity contribution < 1.29 is 14.3 Å². The summed E-state index contributed by atoms with van der Waals surface area (Å²) in [5, 5.41) is 4.20. The lowest BCUT2D eigenvalue weighted by Gasteiger charge is -2.07. The number of esters is 1. The fraction of sp³-hybridized carbons (Fsp3) is 0.238. The summed E-state index contributed by atoms with van der Waals surface area (Å²) < 4.78 is 6.80. The molecule has 6 heteroatoms. The number of aryl methyl sites for hydroxylation is 2. The Morgan fingerprint density at radius 3 is 2.81 bits per heavy atom. The molecule has 0 spiro atoms. The second-order valence-corrected chi connectivity index (χ2v) is 6.58. The van der Waals surface area contributed by atoms with Gasteiger partial charge in [0.1, 0.15) is 5.56 Å². The molecular weight excluding hydrogens is 342 g/mol. The van der Waals surface area contributed by atoms with Gasteiger partial charge in [0.2, 0.25) is 0 Å². The van der Waals surface area contributed by atoms with E-state index in [1.54, 1.807) is 23.9 Å². The van der Waals surface area contributed by atoms with Crippen molar-refractivity contribution in [3.05, 3.63) is 76.7 Å². The third-order valence-electron chi connectivity index (χ3n) is 4.85. The highest BCUT2D eigenvalue weighted by Crippen LogP contribution is 2.23. The monoisotopic (exact) mass is 361 g/mol. The first-order valence-corrected chi connectivity index (χ1v) is 8.91. The van der Waals surface area contributed by atoms with E-state index in [-0.39, 0.29) is 12.4 Å².